The Morgan fingerprint density at radius 3 is 2.70 bits per heavy atom. The predicted octanol–water partition coefficient (Wildman–Crippen LogP) is 2.08. The summed E-state index contributed by atoms with van der Waals surface area (Å²) in [5, 5.41) is 0. The summed E-state index contributed by atoms with van der Waals surface area (Å²) in [5.74, 6) is 0.184. The number of hydrogen-bond donors (Lipinski definition) is 0. The molecule has 142 valence electrons. The average molecular weight is 386 g/mol. The number of hydrogen-bond acceptors (Lipinski definition) is 6. The molecule has 8 heteroatoms. The highest BCUT2D eigenvalue weighted by atomic mass is 32.1. The molecule has 2 amide bonds. The Balaban J connectivity index is 1.32. The number of carbonyl (C=O) groups excluding carboxylic acids is 2. The van der Waals surface area contributed by atoms with Crippen LogP contribution in [0.2, 0.25) is 0 Å². The van der Waals surface area contributed by atoms with Gasteiger partial charge in [0.05, 0.1) is 41.9 Å². The van der Waals surface area contributed by atoms with Gasteiger partial charge in [0.25, 0.3) is 5.91 Å². The maximum absolute atomic E-state index is 13.3. The lowest BCUT2D eigenvalue weighted by atomic mass is 10.1. The summed E-state index contributed by atoms with van der Waals surface area (Å²) in [4.78, 5) is 29.9. The van der Waals surface area contributed by atoms with Gasteiger partial charge in [0.15, 0.2) is 0 Å². The lowest BCUT2D eigenvalue weighted by molar-refractivity contribution is -0.136. The number of nitrogens with zero attached hydrogens (tertiary/aromatic N) is 4. The van der Waals surface area contributed by atoms with E-state index in [-0.39, 0.29) is 30.0 Å². The standard InChI is InChI=1S/C19H22N4O3S/c24-17(9-14-3-2-8-26-14)22-10-12-6-7-13(11-22)23(12)19(25)15-4-1-5-16-18(15)21-27-20-16/h1,4-5,12-14H,2-3,6-11H2/t12-,13+,14?. The Labute approximate surface area is 161 Å². The van der Waals surface area contributed by atoms with Gasteiger partial charge in [-0.25, -0.2) is 0 Å². The van der Waals surface area contributed by atoms with E-state index in [1.807, 2.05) is 28.0 Å². The van der Waals surface area contributed by atoms with Crippen molar-refractivity contribution in [2.45, 2.75) is 50.3 Å². The Hall–Kier alpha value is -2.06. The Bertz CT molecular complexity index is 865. The topological polar surface area (TPSA) is 75.6 Å². The largest absolute Gasteiger partial charge is 0.378 e. The highest BCUT2D eigenvalue weighted by Gasteiger charge is 2.44. The van der Waals surface area contributed by atoms with Crippen molar-refractivity contribution in [1.29, 1.82) is 0 Å². The fraction of sp³-hybridized carbons (Fsp3) is 0.579. The first-order valence-corrected chi connectivity index (χ1v) is 10.4. The first-order chi connectivity index (χ1) is 13.2. The van der Waals surface area contributed by atoms with Crippen LogP contribution in [0.3, 0.4) is 0 Å². The molecule has 5 rings (SSSR count). The fourth-order valence-corrected chi connectivity index (χ4v) is 5.23. The van der Waals surface area contributed by atoms with Gasteiger partial charge in [0.2, 0.25) is 5.91 Å². The van der Waals surface area contributed by atoms with Gasteiger partial charge in [-0.1, -0.05) is 6.07 Å². The van der Waals surface area contributed by atoms with Crippen LogP contribution in [0.1, 0.15) is 42.5 Å². The van der Waals surface area contributed by atoms with Gasteiger partial charge < -0.3 is 14.5 Å². The van der Waals surface area contributed by atoms with Gasteiger partial charge in [-0.15, -0.1) is 0 Å². The van der Waals surface area contributed by atoms with Crippen molar-refractivity contribution < 1.29 is 14.3 Å². The monoisotopic (exact) mass is 386 g/mol. The number of carbonyl (C=O) groups is 2. The van der Waals surface area contributed by atoms with Crippen LogP contribution in [-0.4, -0.2) is 68.2 Å². The Kier molecular flexibility index (Phi) is 4.32. The minimum atomic E-state index is 0.0204. The number of piperazine rings is 1. The first-order valence-electron chi connectivity index (χ1n) is 9.64. The van der Waals surface area contributed by atoms with Crippen LogP contribution in [0.15, 0.2) is 18.2 Å². The van der Waals surface area contributed by atoms with Crippen LogP contribution in [0.25, 0.3) is 11.0 Å². The van der Waals surface area contributed by atoms with Crippen molar-refractivity contribution in [2.24, 2.45) is 0 Å². The molecule has 1 unspecified atom stereocenters. The minimum Gasteiger partial charge on any atom is -0.378 e. The van der Waals surface area contributed by atoms with E-state index in [9.17, 15) is 9.59 Å². The van der Waals surface area contributed by atoms with Crippen LogP contribution in [0.4, 0.5) is 0 Å². The summed E-state index contributed by atoms with van der Waals surface area (Å²) in [6.07, 6.45) is 4.46. The van der Waals surface area contributed by atoms with Gasteiger partial charge in [0, 0.05) is 19.7 Å². The molecule has 7 nitrogen and oxygen atoms in total. The second-order valence-electron chi connectivity index (χ2n) is 7.67. The van der Waals surface area contributed by atoms with Gasteiger partial charge in [0.1, 0.15) is 11.0 Å². The molecular weight excluding hydrogens is 364 g/mol. The molecule has 3 aliphatic rings. The predicted molar refractivity (Wildman–Crippen MR) is 101 cm³/mol. The van der Waals surface area contributed by atoms with Gasteiger partial charge in [-0.3, -0.25) is 9.59 Å². The molecular formula is C19H22N4O3S. The van der Waals surface area contributed by atoms with Crippen molar-refractivity contribution in [1.82, 2.24) is 18.5 Å². The van der Waals surface area contributed by atoms with E-state index in [1.165, 1.54) is 0 Å². The zero-order valence-corrected chi connectivity index (χ0v) is 15.9. The molecule has 27 heavy (non-hydrogen) atoms. The Morgan fingerprint density at radius 2 is 1.96 bits per heavy atom. The van der Waals surface area contributed by atoms with Crippen molar-refractivity contribution in [2.75, 3.05) is 19.7 Å². The van der Waals surface area contributed by atoms with Crippen LogP contribution in [0.5, 0.6) is 0 Å². The number of ether oxygens (including phenoxy) is 1. The molecule has 3 atom stereocenters. The first kappa shape index (κ1) is 17.1. The number of rotatable bonds is 3. The zero-order valence-electron chi connectivity index (χ0n) is 15.0. The van der Waals surface area contributed by atoms with Gasteiger partial charge in [-0.05, 0) is 37.8 Å². The molecule has 1 aromatic carbocycles. The zero-order chi connectivity index (χ0) is 18.4. The number of benzene rings is 1. The Morgan fingerprint density at radius 1 is 1.15 bits per heavy atom. The smallest absolute Gasteiger partial charge is 0.256 e. The van der Waals surface area contributed by atoms with E-state index in [1.54, 1.807) is 0 Å². The van der Waals surface area contributed by atoms with E-state index in [0.717, 1.165) is 49.5 Å². The minimum absolute atomic E-state index is 0.0204. The molecule has 4 heterocycles. The molecule has 0 saturated carbocycles. The van der Waals surface area contributed by atoms with E-state index < -0.39 is 0 Å². The highest BCUT2D eigenvalue weighted by Crippen LogP contribution is 2.33. The molecule has 3 aliphatic heterocycles. The third-order valence-electron chi connectivity index (χ3n) is 6.01. The number of amides is 2. The van der Waals surface area contributed by atoms with Gasteiger partial charge in [-0.2, -0.15) is 8.75 Å². The van der Waals surface area contributed by atoms with E-state index >= 15 is 0 Å². The number of likely N-dealkylation sites (tertiary alicyclic amines) is 1. The molecule has 0 radical (unpaired) electrons. The molecule has 3 saturated heterocycles. The summed E-state index contributed by atoms with van der Waals surface area (Å²) < 4.78 is 14.2. The summed E-state index contributed by atoms with van der Waals surface area (Å²) in [5.41, 5.74) is 2.07. The maximum atomic E-state index is 13.3. The molecule has 0 spiro atoms. The molecule has 2 bridgehead atoms. The van der Waals surface area contributed by atoms with Crippen LogP contribution in [0, 0.1) is 0 Å². The average Bonchev–Trinajstić information content (AvgIpc) is 3.40. The second-order valence-corrected chi connectivity index (χ2v) is 8.20. The van der Waals surface area contributed by atoms with Crippen LogP contribution >= 0.6 is 11.7 Å². The molecule has 1 aromatic heterocycles. The summed E-state index contributed by atoms with van der Waals surface area (Å²) in [7, 11) is 0. The molecule has 3 fully saturated rings. The summed E-state index contributed by atoms with van der Waals surface area (Å²) >= 11 is 1.13. The van der Waals surface area contributed by atoms with E-state index in [0.29, 0.717) is 30.6 Å². The van der Waals surface area contributed by atoms with E-state index in [4.69, 9.17) is 4.74 Å². The van der Waals surface area contributed by atoms with Crippen molar-refractivity contribution in [3.63, 3.8) is 0 Å². The van der Waals surface area contributed by atoms with Crippen LogP contribution in [-0.2, 0) is 9.53 Å². The molecule has 2 aromatic rings. The van der Waals surface area contributed by atoms with Crippen LogP contribution < -0.4 is 0 Å². The molecule has 0 aliphatic carbocycles. The molecule has 0 N–H and O–H groups in total. The number of fused-ring (bicyclic) bond motifs is 3. The second kappa shape index (κ2) is 6.83. The lowest BCUT2D eigenvalue weighted by Crippen LogP contribution is -2.57. The SMILES string of the molecule is O=C(CC1CCCO1)N1C[C@H]2CC[C@@H](C1)N2C(=O)c1cccc2nsnc12. The normalized spacial score (nSPS) is 27.5. The summed E-state index contributed by atoms with van der Waals surface area (Å²) in [6.45, 7) is 2.01. The van der Waals surface area contributed by atoms with Gasteiger partial charge >= 0.3 is 0 Å². The summed E-state index contributed by atoms with van der Waals surface area (Å²) in [6, 6.07) is 5.75. The third-order valence-corrected chi connectivity index (χ3v) is 6.55. The highest BCUT2D eigenvalue weighted by molar-refractivity contribution is 7.00. The maximum Gasteiger partial charge on any atom is 0.256 e. The fourth-order valence-electron chi connectivity index (χ4n) is 4.69. The number of aromatic nitrogens is 2. The quantitative estimate of drug-likeness (QED) is 0.807. The van der Waals surface area contributed by atoms with E-state index in [2.05, 4.69) is 8.75 Å². The van der Waals surface area contributed by atoms with Crippen molar-refractivity contribution in [3.8, 4) is 0 Å². The third kappa shape index (κ3) is 3.00. The lowest BCUT2D eigenvalue weighted by Gasteiger charge is -2.41. The van der Waals surface area contributed by atoms with Crippen molar-refractivity contribution >= 4 is 34.6 Å². The van der Waals surface area contributed by atoms with Crippen molar-refractivity contribution in [3.05, 3.63) is 23.8 Å².